The minimum absolute atomic E-state index is 0.559. The van der Waals surface area contributed by atoms with Crippen molar-refractivity contribution in [2.45, 2.75) is 20.3 Å². The van der Waals surface area contributed by atoms with E-state index in [9.17, 15) is 0 Å². The summed E-state index contributed by atoms with van der Waals surface area (Å²) < 4.78 is 1.000. The lowest BCUT2D eigenvalue weighted by molar-refractivity contribution is 0.610. The Kier molecular flexibility index (Phi) is 2.98. The fourth-order valence-electron chi connectivity index (χ4n) is 1.10. The van der Waals surface area contributed by atoms with Gasteiger partial charge < -0.3 is 0 Å². The summed E-state index contributed by atoms with van der Waals surface area (Å²) in [6.45, 7) is 4.60. The van der Waals surface area contributed by atoms with Crippen LogP contribution in [0.1, 0.15) is 20.3 Å². The van der Waals surface area contributed by atoms with E-state index in [1.807, 2.05) is 6.08 Å². The van der Waals surface area contributed by atoms with Crippen molar-refractivity contribution >= 4 is 31.9 Å². The van der Waals surface area contributed by atoms with Gasteiger partial charge >= 0.3 is 0 Å². The zero-order valence-corrected chi connectivity index (χ0v) is 9.94. The second kappa shape index (κ2) is 3.44. The molecule has 0 saturated heterocycles. The van der Waals surface area contributed by atoms with Crippen molar-refractivity contribution in [2.24, 2.45) is 11.3 Å². The number of rotatable bonds is 2. The number of hydrogen-bond donors (Lipinski definition) is 0. The maximum Gasteiger partial charge on any atom is 0.0603 e. The van der Waals surface area contributed by atoms with E-state index in [0.29, 0.717) is 5.41 Å². The van der Waals surface area contributed by atoms with Gasteiger partial charge in [0.2, 0.25) is 0 Å². The van der Waals surface area contributed by atoms with E-state index >= 15 is 0 Å². The zero-order chi connectivity index (χ0) is 8.48. The summed E-state index contributed by atoms with van der Waals surface area (Å²) >= 11 is 6.60. The predicted octanol–water partition coefficient (Wildman–Crippen LogP) is 4.22. The molecule has 0 heterocycles. The molecule has 0 aromatic heterocycles. The highest BCUT2D eigenvalue weighted by molar-refractivity contribution is 9.28. The van der Waals surface area contributed by atoms with Crippen LogP contribution in [-0.4, -0.2) is 0 Å². The van der Waals surface area contributed by atoms with Gasteiger partial charge in [-0.3, -0.25) is 0 Å². The molecule has 0 nitrogen and oxygen atoms in total. The quantitative estimate of drug-likeness (QED) is 0.664. The minimum atomic E-state index is 0.559. The average molecular weight is 280 g/mol. The van der Waals surface area contributed by atoms with Crippen LogP contribution in [-0.2, 0) is 0 Å². The van der Waals surface area contributed by atoms with Crippen molar-refractivity contribution in [3.05, 3.63) is 21.6 Å². The summed E-state index contributed by atoms with van der Waals surface area (Å²) in [5, 5.41) is 0. The molecule has 1 fully saturated rings. The first kappa shape index (κ1) is 9.53. The molecule has 2 heteroatoms. The Balaban J connectivity index is 2.34. The fourth-order valence-corrected chi connectivity index (χ4v) is 1.40. The highest BCUT2D eigenvalue weighted by Gasteiger charge is 2.43. The SMILES string of the molecule is CC1(C)CC1C=CC=C(Br)Br. The van der Waals surface area contributed by atoms with Crippen LogP contribution in [0.2, 0.25) is 0 Å². The molecule has 0 spiro atoms. The van der Waals surface area contributed by atoms with E-state index in [2.05, 4.69) is 57.9 Å². The highest BCUT2D eigenvalue weighted by atomic mass is 79.9. The van der Waals surface area contributed by atoms with Crippen molar-refractivity contribution in [1.29, 1.82) is 0 Å². The summed E-state index contributed by atoms with van der Waals surface area (Å²) in [5.74, 6) is 0.790. The molecule has 11 heavy (non-hydrogen) atoms. The van der Waals surface area contributed by atoms with E-state index < -0.39 is 0 Å². The predicted molar refractivity (Wildman–Crippen MR) is 57.0 cm³/mol. The Morgan fingerprint density at radius 1 is 1.45 bits per heavy atom. The van der Waals surface area contributed by atoms with Gasteiger partial charge in [-0.2, -0.15) is 0 Å². The van der Waals surface area contributed by atoms with Crippen molar-refractivity contribution in [3.8, 4) is 0 Å². The van der Waals surface area contributed by atoms with Gasteiger partial charge in [-0.1, -0.05) is 26.0 Å². The van der Waals surface area contributed by atoms with Crippen LogP contribution >= 0.6 is 31.9 Å². The van der Waals surface area contributed by atoms with Gasteiger partial charge in [-0.15, -0.1) is 0 Å². The molecule has 1 atom stereocenters. The van der Waals surface area contributed by atoms with Gasteiger partial charge in [-0.05, 0) is 55.7 Å². The Morgan fingerprint density at radius 2 is 2.00 bits per heavy atom. The minimum Gasteiger partial charge on any atom is -0.0808 e. The van der Waals surface area contributed by atoms with Crippen LogP contribution in [0.4, 0.5) is 0 Å². The van der Waals surface area contributed by atoms with E-state index in [1.165, 1.54) is 6.42 Å². The smallest absolute Gasteiger partial charge is 0.0603 e. The lowest BCUT2D eigenvalue weighted by Crippen LogP contribution is -1.84. The standard InChI is InChI=1S/C9H12Br2/c1-9(2)6-7(9)4-3-5-8(10)11/h3-5,7H,6H2,1-2H3. The van der Waals surface area contributed by atoms with Crippen molar-refractivity contribution in [1.82, 2.24) is 0 Å². The Hall–Kier alpha value is 0.440. The van der Waals surface area contributed by atoms with E-state index in [0.717, 1.165) is 9.31 Å². The Labute approximate surface area is 85.0 Å². The van der Waals surface area contributed by atoms with Crippen molar-refractivity contribution in [3.63, 3.8) is 0 Å². The molecule has 0 amide bonds. The second-order valence-corrected chi connectivity index (χ2v) is 6.41. The van der Waals surface area contributed by atoms with E-state index in [4.69, 9.17) is 0 Å². The first-order valence-electron chi connectivity index (χ1n) is 3.72. The molecular formula is C9H12Br2. The maximum absolute atomic E-state index is 3.30. The Morgan fingerprint density at radius 3 is 2.36 bits per heavy atom. The van der Waals surface area contributed by atoms with E-state index in [-0.39, 0.29) is 0 Å². The van der Waals surface area contributed by atoms with Crippen LogP contribution < -0.4 is 0 Å². The first-order chi connectivity index (χ1) is 5.02. The van der Waals surface area contributed by atoms with Gasteiger partial charge in [0.05, 0.1) is 3.39 Å². The monoisotopic (exact) mass is 278 g/mol. The van der Waals surface area contributed by atoms with Crippen LogP contribution in [0.3, 0.4) is 0 Å². The maximum atomic E-state index is 3.30. The van der Waals surface area contributed by atoms with Crippen LogP contribution in [0.5, 0.6) is 0 Å². The molecule has 0 aromatic rings. The lowest BCUT2D eigenvalue weighted by Gasteiger charge is -1.94. The molecule has 0 aromatic carbocycles. The van der Waals surface area contributed by atoms with Gasteiger partial charge in [-0.25, -0.2) is 0 Å². The molecule has 0 bridgehead atoms. The third-order valence-electron chi connectivity index (χ3n) is 2.16. The van der Waals surface area contributed by atoms with Crippen LogP contribution in [0.25, 0.3) is 0 Å². The van der Waals surface area contributed by atoms with Gasteiger partial charge in [0.25, 0.3) is 0 Å². The molecule has 0 radical (unpaired) electrons. The topological polar surface area (TPSA) is 0 Å². The molecule has 62 valence electrons. The van der Waals surface area contributed by atoms with Gasteiger partial charge in [0, 0.05) is 0 Å². The van der Waals surface area contributed by atoms with Crippen LogP contribution in [0, 0.1) is 11.3 Å². The molecule has 0 aliphatic heterocycles. The van der Waals surface area contributed by atoms with Crippen molar-refractivity contribution in [2.75, 3.05) is 0 Å². The summed E-state index contributed by atoms with van der Waals surface area (Å²) in [4.78, 5) is 0. The third-order valence-corrected chi connectivity index (χ3v) is 2.68. The van der Waals surface area contributed by atoms with Crippen molar-refractivity contribution < 1.29 is 0 Å². The summed E-state index contributed by atoms with van der Waals surface area (Å²) in [7, 11) is 0. The lowest BCUT2D eigenvalue weighted by atomic mass is 10.1. The number of halogens is 2. The van der Waals surface area contributed by atoms with Crippen LogP contribution in [0.15, 0.2) is 21.6 Å². The number of hydrogen-bond acceptors (Lipinski definition) is 0. The summed E-state index contributed by atoms with van der Waals surface area (Å²) in [6.07, 6.45) is 7.70. The third kappa shape index (κ3) is 3.12. The van der Waals surface area contributed by atoms with E-state index in [1.54, 1.807) is 0 Å². The summed E-state index contributed by atoms with van der Waals surface area (Å²) in [5.41, 5.74) is 0.559. The molecule has 1 aliphatic carbocycles. The zero-order valence-electron chi connectivity index (χ0n) is 6.77. The molecule has 1 saturated carbocycles. The molecule has 0 N–H and O–H groups in total. The highest BCUT2D eigenvalue weighted by Crippen LogP contribution is 2.52. The molecular weight excluding hydrogens is 268 g/mol. The fraction of sp³-hybridized carbons (Fsp3) is 0.556. The van der Waals surface area contributed by atoms with Gasteiger partial charge in [0.1, 0.15) is 0 Å². The Bertz CT molecular complexity index is 198. The normalized spacial score (nSPS) is 27.1. The first-order valence-corrected chi connectivity index (χ1v) is 5.30. The second-order valence-electron chi connectivity index (χ2n) is 3.64. The molecule has 1 aliphatic rings. The summed E-state index contributed by atoms with van der Waals surface area (Å²) in [6, 6.07) is 0. The largest absolute Gasteiger partial charge is 0.0808 e. The average Bonchev–Trinajstić information content (AvgIpc) is 2.39. The van der Waals surface area contributed by atoms with Gasteiger partial charge in [0.15, 0.2) is 0 Å². The number of allylic oxidation sites excluding steroid dienone is 3. The molecule has 1 rings (SSSR count). The molecule has 1 unspecified atom stereocenters.